The molecule has 0 saturated heterocycles. The van der Waals surface area contributed by atoms with E-state index in [9.17, 15) is 9.90 Å². The molecule has 0 aliphatic carbocycles. The van der Waals surface area contributed by atoms with Crippen LogP contribution in [0.4, 0.5) is 0 Å². The molecule has 1 aromatic carbocycles. The second-order valence-corrected chi connectivity index (χ2v) is 5.86. The summed E-state index contributed by atoms with van der Waals surface area (Å²) in [6, 6.07) is 2.50. The maximum absolute atomic E-state index is 11.5. The smallest absolute Gasteiger partial charge is 0.325 e. The Bertz CT molecular complexity index is 519. The van der Waals surface area contributed by atoms with Gasteiger partial charge in [0.05, 0.1) is 18.2 Å². The molecule has 0 fully saturated rings. The molecule has 0 aromatic heterocycles. The van der Waals surface area contributed by atoms with Gasteiger partial charge in [-0.25, -0.2) is 0 Å². The molecule has 1 atom stereocenters. The summed E-state index contributed by atoms with van der Waals surface area (Å²) in [6.07, 6.45) is 0.772. The summed E-state index contributed by atoms with van der Waals surface area (Å²) in [7, 11) is 0. The van der Waals surface area contributed by atoms with E-state index in [1.165, 1.54) is 0 Å². The largest absolute Gasteiger partial charge is 0.489 e. The van der Waals surface area contributed by atoms with Crippen LogP contribution < -0.4 is 14.8 Å². The highest BCUT2D eigenvalue weighted by Crippen LogP contribution is 2.39. The van der Waals surface area contributed by atoms with E-state index in [0.29, 0.717) is 47.8 Å². The number of nitrogens with one attached hydrogen (secondary N) is 1. The molecule has 1 unspecified atom stereocenters. The minimum absolute atomic E-state index is 0.350. The Morgan fingerprint density at radius 2 is 2.10 bits per heavy atom. The highest BCUT2D eigenvalue weighted by Gasteiger charge is 2.24. The topological polar surface area (TPSA) is 67.8 Å². The van der Waals surface area contributed by atoms with E-state index in [-0.39, 0.29) is 0 Å². The molecule has 0 saturated carbocycles. The molecule has 2 rings (SSSR count). The highest BCUT2D eigenvalue weighted by molar-refractivity contribution is 6.32. The Hall–Kier alpha value is -1.46. The van der Waals surface area contributed by atoms with Crippen molar-refractivity contribution in [3.8, 4) is 11.5 Å². The monoisotopic (exact) mass is 313 g/mol. The number of carbonyl (C=O) groups is 1. The van der Waals surface area contributed by atoms with Crippen molar-refractivity contribution in [2.24, 2.45) is 5.92 Å². The van der Waals surface area contributed by atoms with Gasteiger partial charge in [-0.05, 0) is 30.2 Å². The lowest BCUT2D eigenvalue weighted by Gasteiger charge is -2.18. The first kappa shape index (κ1) is 15.9. The Balaban J connectivity index is 2.30. The van der Waals surface area contributed by atoms with Crippen molar-refractivity contribution in [3.05, 3.63) is 22.7 Å². The summed E-state index contributed by atoms with van der Waals surface area (Å²) >= 11 is 6.21. The molecule has 0 bridgehead atoms. The summed E-state index contributed by atoms with van der Waals surface area (Å²) < 4.78 is 11.1. The van der Waals surface area contributed by atoms with Gasteiger partial charge in [-0.3, -0.25) is 4.79 Å². The molecule has 0 spiro atoms. The number of hydrogen-bond donors (Lipinski definition) is 2. The Morgan fingerprint density at radius 3 is 2.76 bits per heavy atom. The second kappa shape index (κ2) is 7.00. The van der Waals surface area contributed by atoms with Crippen LogP contribution in [0.3, 0.4) is 0 Å². The van der Waals surface area contributed by atoms with E-state index in [1.807, 2.05) is 13.8 Å². The lowest BCUT2D eigenvalue weighted by atomic mass is 10.1. The van der Waals surface area contributed by atoms with Crippen molar-refractivity contribution >= 4 is 17.6 Å². The zero-order chi connectivity index (χ0) is 15.4. The predicted molar refractivity (Wildman–Crippen MR) is 80.3 cm³/mol. The quantitative estimate of drug-likeness (QED) is 0.875. The summed E-state index contributed by atoms with van der Waals surface area (Å²) in [5.41, 5.74) is 0.567. The molecule has 1 heterocycles. The van der Waals surface area contributed by atoms with Crippen LogP contribution in [0, 0.1) is 5.92 Å². The number of benzene rings is 1. The van der Waals surface area contributed by atoms with Crippen molar-refractivity contribution < 1.29 is 19.4 Å². The van der Waals surface area contributed by atoms with Crippen LogP contribution in [0.15, 0.2) is 12.1 Å². The van der Waals surface area contributed by atoms with Crippen LogP contribution in [0.25, 0.3) is 0 Å². The van der Waals surface area contributed by atoms with Gasteiger partial charge in [0, 0.05) is 6.42 Å². The number of carboxylic acid groups (broad SMARTS) is 1. The third-order valence-corrected chi connectivity index (χ3v) is 3.42. The van der Waals surface area contributed by atoms with Crippen molar-refractivity contribution in [2.45, 2.75) is 26.3 Å². The third-order valence-electron chi connectivity index (χ3n) is 3.14. The molecule has 1 aromatic rings. The zero-order valence-corrected chi connectivity index (χ0v) is 12.9. The molecule has 1 aliphatic heterocycles. The third kappa shape index (κ3) is 4.02. The Labute approximate surface area is 129 Å². The average molecular weight is 314 g/mol. The van der Waals surface area contributed by atoms with Gasteiger partial charge in [0.25, 0.3) is 0 Å². The number of hydrogen-bond acceptors (Lipinski definition) is 4. The van der Waals surface area contributed by atoms with Crippen molar-refractivity contribution in [2.75, 3.05) is 19.8 Å². The van der Waals surface area contributed by atoms with Gasteiger partial charge in [0.1, 0.15) is 6.04 Å². The van der Waals surface area contributed by atoms with E-state index < -0.39 is 12.0 Å². The van der Waals surface area contributed by atoms with Crippen LogP contribution in [0.2, 0.25) is 5.02 Å². The minimum atomic E-state index is -0.943. The van der Waals surface area contributed by atoms with E-state index in [0.717, 1.165) is 6.42 Å². The highest BCUT2D eigenvalue weighted by atomic mass is 35.5. The fraction of sp³-hybridized carbons (Fsp3) is 0.533. The lowest BCUT2D eigenvalue weighted by molar-refractivity contribution is -0.139. The first-order valence-corrected chi connectivity index (χ1v) is 7.42. The average Bonchev–Trinajstić information content (AvgIpc) is 2.63. The normalized spacial score (nSPS) is 15.6. The number of rotatable bonds is 5. The number of fused-ring (bicyclic) bond motifs is 1. The van der Waals surface area contributed by atoms with Crippen molar-refractivity contribution in [1.29, 1.82) is 0 Å². The maximum atomic E-state index is 11.5. The standard InChI is InChI=1S/C15H20ClNO4/c1-9(2)8-17-13(15(18)19)10-6-11(16)14-12(7-10)20-4-3-5-21-14/h6-7,9,13,17H,3-5,8H2,1-2H3,(H,18,19). The van der Waals surface area contributed by atoms with E-state index in [1.54, 1.807) is 12.1 Å². The van der Waals surface area contributed by atoms with Gasteiger partial charge in [0.2, 0.25) is 0 Å². The molecular formula is C15H20ClNO4. The van der Waals surface area contributed by atoms with Gasteiger partial charge in [-0.2, -0.15) is 0 Å². The number of aliphatic carboxylic acids is 1. The fourth-order valence-corrected chi connectivity index (χ4v) is 2.39. The second-order valence-electron chi connectivity index (χ2n) is 5.45. The minimum Gasteiger partial charge on any atom is -0.489 e. The van der Waals surface area contributed by atoms with E-state index >= 15 is 0 Å². The van der Waals surface area contributed by atoms with Gasteiger partial charge in [-0.15, -0.1) is 0 Å². The van der Waals surface area contributed by atoms with Crippen LogP contribution in [0.1, 0.15) is 31.9 Å². The fourth-order valence-electron chi connectivity index (χ4n) is 2.12. The van der Waals surface area contributed by atoms with Crippen molar-refractivity contribution in [3.63, 3.8) is 0 Å². The van der Waals surface area contributed by atoms with Crippen molar-refractivity contribution in [1.82, 2.24) is 5.32 Å². The van der Waals surface area contributed by atoms with Crippen LogP contribution in [0.5, 0.6) is 11.5 Å². The van der Waals surface area contributed by atoms with E-state index in [2.05, 4.69) is 5.32 Å². The lowest BCUT2D eigenvalue weighted by Crippen LogP contribution is -2.31. The van der Waals surface area contributed by atoms with Crippen LogP contribution >= 0.6 is 11.6 Å². The number of ether oxygens (including phenoxy) is 2. The first-order chi connectivity index (χ1) is 9.99. The van der Waals surface area contributed by atoms with Gasteiger partial charge < -0.3 is 19.9 Å². The number of halogens is 1. The van der Waals surface area contributed by atoms with Gasteiger partial charge in [-0.1, -0.05) is 25.4 Å². The molecule has 5 nitrogen and oxygen atoms in total. The molecule has 116 valence electrons. The molecule has 0 amide bonds. The molecule has 1 aliphatic rings. The zero-order valence-electron chi connectivity index (χ0n) is 12.2. The predicted octanol–water partition coefficient (Wildman–Crippen LogP) is 2.87. The summed E-state index contributed by atoms with van der Waals surface area (Å²) in [5, 5.41) is 12.8. The van der Waals surface area contributed by atoms with Gasteiger partial charge in [0.15, 0.2) is 11.5 Å². The van der Waals surface area contributed by atoms with Crippen LogP contribution in [-0.4, -0.2) is 30.8 Å². The SMILES string of the molecule is CC(C)CNC(C(=O)O)c1cc(Cl)c2c(c1)OCCCO2. The summed E-state index contributed by atoms with van der Waals surface area (Å²) in [5.74, 6) is 0.405. The molecule has 0 radical (unpaired) electrons. The first-order valence-electron chi connectivity index (χ1n) is 7.04. The van der Waals surface area contributed by atoms with Crippen LogP contribution in [-0.2, 0) is 4.79 Å². The summed E-state index contributed by atoms with van der Waals surface area (Å²) in [4.78, 5) is 11.5. The maximum Gasteiger partial charge on any atom is 0.325 e. The number of carboxylic acids is 1. The van der Waals surface area contributed by atoms with Gasteiger partial charge >= 0.3 is 5.97 Å². The molecule has 2 N–H and O–H groups in total. The summed E-state index contributed by atoms with van der Waals surface area (Å²) in [6.45, 7) is 5.72. The Morgan fingerprint density at radius 1 is 1.38 bits per heavy atom. The molecular weight excluding hydrogens is 294 g/mol. The molecule has 6 heteroatoms. The van der Waals surface area contributed by atoms with E-state index in [4.69, 9.17) is 21.1 Å². The Kier molecular flexibility index (Phi) is 5.31. The molecule has 21 heavy (non-hydrogen) atoms.